The number of halogens is 1. The van der Waals surface area contributed by atoms with Crippen LogP contribution in [0.3, 0.4) is 0 Å². The zero-order valence-corrected chi connectivity index (χ0v) is 16.3. The van der Waals surface area contributed by atoms with Crippen molar-refractivity contribution in [1.82, 2.24) is 0 Å². The second-order valence-corrected chi connectivity index (χ2v) is 6.43. The third-order valence-electron chi connectivity index (χ3n) is 3.76. The van der Waals surface area contributed by atoms with E-state index in [-0.39, 0.29) is 5.91 Å². The predicted molar refractivity (Wildman–Crippen MR) is 107 cm³/mol. The van der Waals surface area contributed by atoms with E-state index in [2.05, 4.69) is 5.32 Å². The zero-order valence-electron chi connectivity index (χ0n) is 15.6. The number of hydrogen-bond donors (Lipinski definition) is 1. The van der Waals surface area contributed by atoms with Gasteiger partial charge in [-0.1, -0.05) is 30.7 Å². The van der Waals surface area contributed by atoms with Crippen molar-refractivity contribution in [2.45, 2.75) is 27.2 Å². The molecule has 138 valence electrons. The highest BCUT2D eigenvalue weighted by Gasteiger charge is 2.08. The van der Waals surface area contributed by atoms with Gasteiger partial charge in [0.2, 0.25) is 5.91 Å². The number of carbonyl (C=O) groups excluding carboxylic acids is 1. The Morgan fingerprint density at radius 1 is 1.19 bits per heavy atom. The van der Waals surface area contributed by atoms with Gasteiger partial charge in [-0.25, -0.2) is 0 Å². The molecular formula is C21H24ClNO3. The number of carbonyl (C=O) groups is 1. The summed E-state index contributed by atoms with van der Waals surface area (Å²) in [5.74, 6) is 1.08. The first-order valence-corrected chi connectivity index (χ1v) is 8.89. The average Bonchev–Trinajstić information content (AvgIpc) is 2.61. The van der Waals surface area contributed by atoms with Gasteiger partial charge >= 0.3 is 0 Å². The van der Waals surface area contributed by atoms with Gasteiger partial charge in [0.1, 0.15) is 0 Å². The number of nitrogens with one attached hydrogen (secondary N) is 1. The lowest BCUT2D eigenvalue weighted by atomic mass is 10.1. The fraction of sp³-hybridized carbons (Fsp3) is 0.286. The first kappa shape index (κ1) is 19.9. The minimum atomic E-state index is -0.246. The molecule has 0 bridgehead atoms. The Hall–Kier alpha value is -2.46. The molecule has 0 atom stereocenters. The van der Waals surface area contributed by atoms with Crippen molar-refractivity contribution in [1.29, 1.82) is 0 Å². The lowest BCUT2D eigenvalue weighted by Crippen LogP contribution is -2.09. The van der Waals surface area contributed by atoms with Crippen LogP contribution in [-0.2, 0) is 4.79 Å². The standard InChI is InChI=1S/C21H24ClNO3/c1-5-10-26-18-8-6-16(13-19(18)25-4)7-9-20(24)23-21-15(3)11-14(2)12-17(21)22/h6-9,11-13H,5,10H2,1-4H3,(H,23,24). The van der Waals surface area contributed by atoms with Gasteiger partial charge < -0.3 is 14.8 Å². The van der Waals surface area contributed by atoms with Gasteiger partial charge in [0.05, 0.1) is 24.4 Å². The van der Waals surface area contributed by atoms with Gasteiger partial charge in [-0.2, -0.15) is 0 Å². The Morgan fingerprint density at radius 3 is 2.62 bits per heavy atom. The van der Waals surface area contributed by atoms with Crippen LogP contribution in [0.4, 0.5) is 5.69 Å². The molecule has 2 aromatic carbocycles. The average molecular weight is 374 g/mol. The summed E-state index contributed by atoms with van der Waals surface area (Å²) in [4.78, 5) is 12.2. The van der Waals surface area contributed by atoms with Crippen LogP contribution in [0.1, 0.15) is 30.0 Å². The number of methoxy groups -OCH3 is 1. The maximum atomic E-state index is 12.2. The molecule has 5 heteroatoms. The van der Waals surface area contributed by atoms with Crippen molar-refractivity contribution in [2.24, 2.45) is 0 Å². The molecule has 26 heavy (non-hydrogen) atoms. The Labute approximate surface area is 159 Å². The van der Waals surface area contributed by atoms with E-state index in [0.29, 0.717) is 28.8 Å². The van der Waals surface area contributed by atoms with Gasteiger partial charge in [0.15, 0.2) is 11.5 Å². The van der Waals surface area contributed by atoms with Crippen LogP contribution in [0, 0.1) is 13.8 Å². The summed E-state index contributed by atoms with van der Waals surface area (Å²) in [6.07, 6.45) is 4.11. The van der Waals surface area contributed by atoms with Gasteiger partial charge in [-0.05, 0) is 61.2 Å². The summed E-state index contributed by atoms with van der Waals surface area (Å²) >= 11 is 6.23. The predicted octanol–water partition coefficient (Wildman–Crippen LogP) is 5.41. The molecule has 0 aliphatic heterocycles. The van der Waals surface area contributed by atoms with Gasteiger partial charge in [0, 0.05) is 6.08 Å². The molecule has 0 aliphatic rings. The zero-order chi connectivity index (χ0) is 19.1. The fourth-order valence-corrected chi connectivity index (χ4v) is 2.90. The van der Waals surface area contributed by atoms with E-state index in [1.54, 1.807) is 13.2 Å². The number of amides is 1. The fourth-order valence-electron chi connectivity index (χ4n) is 2.53. The molecule has 0 saturated heterocycles. The highest BCUT2D eigenvalue weighted by atomic mass is 35.5. The maximum Gasteiger partial charge on any atom is 0.248 e. The molecule has 0 aromatic heterocycles. The molecule has 0 radical (unpaired) electrons. The van der Waals surface area contributed by atoms with Crippen molar-refractivity contribution in [2.75, 3.05) is 19.0 Å². The summed E-state index contributed by atoms with van der Waals surface area (Å²) in [5.41, 5.74) is 3.45. The molecule has 2 rings (SSSR count). The lowest BCUT2D eigenvalue weighted by molar-refractivity contribution is -0.111. The van der Waals surface area contributed by atoms with Crippen LogP contribution in [0.25, 0.3) is 6.08 Å². The largest absolute Gasteiger partial charge is 0.493 e. The Morgan fingerprint density at radius 2 is 1.96 bits per heavy atom. The molecule has 0 spiro atoms. The van der Waals surface area contributed by atoms with Crippen molar-refractivity contribution in [3.05, 3.63) is 58.1 Å². The van der Waals surface area contributed by atoms with E-state index in [1.165, 1.54) is 6.08 Å². The second-order valence-electron chi connectivity index (χ2n) is 6.02. The van der Waals surface area contributed by atoms with Gasteiger partial charge in [-0.15, -0.1) is 0 Å². The SMILES string of the molecule is CCCOc1ccc(C=CC(=O)Nc2c(C)cc(C)cc2Cl)cc1OC. The van der Waals surface area contributed by atoms with Crippen LogP contribution in [-0.4, -0.2) is 19.6 Å². The van der Waals surface area contributed by atoms with Gasteiger partial charge in [0.25, 0.3) is 0 Å². The summed E-state index contributed by atoms with van der Waals surface area (Å²) < 4.78 is 11.0. The smallest absolute Gasteiger partial charge is 0.248 e. The van der Waals surface area contributed by atoms with Crippen LogP contribution < -0.4 is 14.8 Å². The molecule has 0 heterocycles. The Kier molecular flexibility index (Phi) is 7.10. The van der Waals surface area contributed by atoms with Crippen LogP contribution in [0.15, 0.2) is 36.4 Å². The molecular weight excluding hydrogens is 350 g/mol. The first-order chi connectivity index (χ1) is 12.4. The van der Waals surface area contributed by atoms with E-state index in [1.807, 2.05) is 51.1 Å². The number of anilines is 1. The topological polar surface area (TPSA) is 47.6 Å². The van der Waals surface area contributed by atoms with Crippen molar-refractivity contribution in [3.8, 4) is 11.5 Å². The van der Waals surface area contributed by atoms with Crippen molar-refractivity contribution in [3.63, 3.8) is 0 Å². The molecule has 1 amide bonds. The van der Waals surface area contributed by atoms with Gasteiger partial charge in [-0.3, -0.25) is 4.79 Å². The monoisotopic (exact) mass is 373 g/mol. The maximum absolute atomic E-state index is 12.2. The van der Waals surface area contributed by atoms with E-state index in [0.717, 1.165) is 23.1 Å². The van der Waals surface area contributed by atoms with E-state index in [4.69, 9.17) is 21.1 Å². The summed E-state index contributed by atoms with van der Waals surface area (Å²) in [6.45, 7) is 6.55. The van der Waals surface area contributed by atoms with Crippen LogP contribution in [0.2, 0.25) is 5.02 Å². The lowest BCUT2D eigenvalue weighted by Gasteiger charge is -2.11. The second kappa shape index (κ2) is 9.30. The molecule has 0 fully saturated rings. The highest BCUT2D eigenvalue weighted by Crippen LogP contribution is 2.29. The molecule has 2 aromatic rings. The van der Waals surface area contributed by atoms with E-state index < -0.39 is 0 Å². The minimum Gasteiger partial charge on any atom is -0.493 e. The van der Waals surface area contributed by atoms with Crippen LogP contribution in [0.5, 0.6) is 11.5 Å². The number of aryl methyl sites for hydroxylation is 2. The van der Waals surface area contributed by atoms with E-state index >= 15 is 0 Å². The molecule has 1 N–H and O–H groups in total. The Bertz CT molecular complexity index is 792. The number of benzene rings is 2. The van der Waals surface area contributed by atoms with Crippen LogP contribution >= 0.6 is 11.6 Å². The summed E-state index contributed by atoms with van der Waals surface area (Å²) in [7, 11) is 1.59. The number of hydrogen-bond acceptors (Lipinski definition) is 3. The molecule has 4 nitrogen and oxygen atoms in total. The Balaban J connectivity index is 2.10. The molecule has 0 aliphatic carbocycles. The molecule has 0 saturated carbocycles. The third kappa shape index (κ3) is 5.27. The normalized spacial score (nSPS) is 10.8. The van der Waals surface area contributed by atoms with Crippen molar-refractivity contribution < 1.29 is 14.3 Å². The number of ether oxygens (including phenoxy) is 2. The third-order valence-corrected chi connectivity index (χ3v) is 4.05. The minimum absolute atomic E-state index is 0.246. The molecule has 0 unspecified atom stereocenters. The highest BCUT2D eigenvalue weighted by molar-refractivity contribution is 6.34. The van der Waals surface area contributed by atoms with Crippen molar-refractivity contribution >= 4 is 29.3 Å². The number of rotatable bonds is 7. The first-order valence-electron chi connectivity index (χ1n) is 8.51. The van der Waals surface area contributed by atoms with E-state index in [9.17, 15) is 4.79 Å². The summed E-state index contributed by atoms with van der Waals surface area (Å²) in [5, 5.41) is 3.36. The summed E-state index contributed by atoms with van der Waals surface area (Å²) in [6, 6.07) is 9.35. The quantitative estimate of drug-likeness (QED) is 0.660.